The highest BCUT2D eigenvalue weighted by molar-refractivity contribution is 7.14. The van der Waals surface area contributed by atoms with Crippen molar-refractivity contribution in [3.8, 4) is 21.8 Å². The number of carbonyl (C=O) groups is 1. The molecular formula is C19H13ClN4OS2. The van der Waals surface area contributed by atoms with Crippen LogP contribution in [0.3, 0.4) is 0 Å². The van der Waals surface area contributed by atoms with Gasteiger partial charge in [-0.25, -0.2) is 9.97 Å². The monoisotopic (exact) mass is 412 g/mol. The fraction of sp³-hybridized carbons (Fsp3) is 0.0526. The maximum absolute atomic E-state index is 12.3. The number of halogens is 1. The van der Waals surface area contributed by atoms with Crippen molar-refractivity contribution >= 4 is 45.3 Å². The molecule has 3 heterocycles. The summed E-state index contributed by atoms with van der Waals surface area (Å²) in [6, 6.07) is 11.3. The van der Waals surface area contributed by atoms with E-state index in [1.54, 1.807) is 12.4 Å². The third kappa shape index (κ3) is 4.21. The van der Waals surface area contributed by atoms with E-state index in [0.29, 0.717) is 15.8 Å². The first-order valence-corrected chi connectivity index (χ1v) is 10.2. The lowest BCUT2D eigenvalue weighted by Crippen LogP contribution is -2.14. The van der Waals surface area contributed by atoms with Gasteiger partial charge in [0.25, 0.3) is 0 Å². The molecule has 1 amide bonds. The average molecular weight is 413 g/mol. The topological polar surface area (TPSA) is 67.8 Å². The summed E-state index contributed by atoms with van der Waals surface area (Å²) in [6.45, 7) is 0. The van der Waals surface area contributed by atoms with E-state index in [9.17, 15) is 4.79 Å². The lowest BCUT2D eigenvalue weighted by Gasteiger charge is -2.00. The van der Waals surface area contributed by atoms with E-state index >= 15 is 0 Å². The van der Waals surface area contributed by atoms with Crippen LogP contribution in [-0.4, -0.2) is 20.9 Å². The molecule has 0 radical (unpaired) electrons. The summed E-state index contributed by atoms with van der Waals surface area (Å²) in [5.41, 5.74) is 3.28. The number of hydrogen-bond acceptors (Lipinski definition) is 6. The Morgan fingerprint density at radius 2 is 1.96 bits per heavy atom. The average Bonchev–Trinajstić information content (AvgIpc) is 3.33. The third-order valence-corrected chi connectivity index (χ3v) is 5.72. The van der Waals surface area contributed by atoms with Crippen molar-refractivity contribution in [3.05, 3.63) is 70.3 Å². The normalized spacial score (nSPS) is 10.7. The molecule has 0 fully saturated rings. The van der Waals surface area contributed by atoms with E-state index in [4.69, 9.17) is 11.6 Å². The first-order chi connectivity index (χ1) is 13.2. The van der Waals surface area contributed by atoms with Crippen molar-refractivity contribution in [2.24, 2.45) is 0 Å². The number of thiazole rings is 2. The van der Waals surface area contributed by atoms with Gasteiger partial charge in [-0.1, -0.05) is 29.8 Å². The predicted molar refractivity (Wildman–Crippen MR) is 110 cm³/mol. The number of nitrogens with one attached hydrogen (secondary N) is 1. The minimum atomic E-state index is -0.155. The number of benzene rings is 1. The molecule has 0 aliphatic heterocycles. The minimum Gasteiger partial charge on any atom is -0.302 e. The van der Waals surface area contributed by atoms with Gasteiger partial charge >= 0.3 is 0 Å². The number of aromatic nitrogens is 3. The molecule has 0 aliphatic carbocycles. The van der Waals surface area contributed by atoms with Gasteiger partial charge in [-0.15, -0.1) is 22.7 Å². The summed E-state index contributed by atoms with van der Waals surface area (Å²) in [5.74, 6) is -0.155. The molecule has 0 saturated carbocycles. The zero-order chi connectivity index (χ0) is 18.6. The smallest absolute Gasteiger partial charge is 0.232 e. The first-order valence-electron chi connectivity index (χ1n) is 8.04. The Kier molecular flexibility index (Phi) is 5.24. The van der Waals surface area contributed by atoms with Gasteiger partial charge < -0.3 is 5.32 Å². The molecule has 3 aromatic heterocycles. The molecule has 1 N–H and O–H groups in total. The standard InChI is InChI=1S/C19H13ClN4OS2/c20-15-6-2-1-5-14(15)18-22-13(10-26-18)8-17(25)24-19-23-16(11-27-19)12-4-3-7-21-9-12/h1-7,9-11H,8H2,(H,23,24,25). The zero-order valence-electron chi connectivity index (χ0n) is 13.9. The summed E-state index contributed by atoms with van der Waals surface area (Å²) >= 11 is 9.06. The van der Waals surface area contributed by atoms with Crippen LogP contribution in [0.25, 0.3) is 21.8 Å². The minimum absolute atomic E-state index is 0.155. The molecule has 0 atom stereocenters. The number of rotatable bonds is 5. The highest BCUT2D eigenvalue weighted by Gasteiger charge is 2.13. The Balaban J connectivity index is 1.42. The summed E-state index contributed by atoms with van der Waals surface area (Å²) in [6.07, 6.45) is 3.64. The van der Waals surface area contributed by atoms with E-state index in [2.05, 4.69) is 20.3 Å². The van der Waals surface area contributed by atoms with Crippen molar-refractivity contribution in [1.29, 1.82) is 0 Å². The van der Waals surface area contributed by atoms with Crippen molar-refractivity contribution in [1.82, 2.24) is 15.0 Å². The Bertz CT molecular complexity index is 1080. The lowest BCUT2D eigenvalue weighted by molar-refractivity contribution is -0.115. The molecule has 0 aliphatic rings. The number of amides is 1. The number of nitrogens with zero attached hydrogens (tertiary/aromatic N) is 3. The maximum Gasteiger partial charge on any atom is 0.232 e. The van der Waals surface area contributed by atoms with Crippen LogP contribution in [0.15, 0.2) is 59.6 Å². The van der Waals surface area contributed by atoms with E-state index in [0.717, 1.165) is 21.8 Å². The Morgan fingerprint density at radius 1 is 1.07 bits per heavy atom. The van der Waals surface area contributed by atoms with Crippen LogP contribution in [0.5, 0.6) is 0 Å². The van der Waals surface area contributed by atoms with Gasteiger partial charge in [0.05, 0.1) is 22.8 Å². The Labute approximate surface area is 168 Å². The highest BCUT2D eigenvalue weighted by Crippen LogP contribution is 2.30. The number of hydrogen-bond donors (Lipinski definition) is 1. The fourth-order valence-electron chi connectivity index (χ4n) is 2.45. The van der Waals surface area contributed by atoms with Crippen LogP contribution >= 0.6 is 34.3 Å². The molecule has 0 bridgehead atoms. The van der Waals surface area contributed by atoms with Crippen LogP contribution in [0.2, 0.25) is 5.02 Å². The summed E-state index contributed by atoms with van der Waals surface area (Å²) in [5, 5.41) is 8.60. The van der Waals surface area contributed by atoms with Crippen molar-refractivity contribution in [3.63, 3.8) is 0 Å². The first kappa shape index (κ1) is 17.8. The van der Waals surface area contributed by atoms with Gasteiger partial charge in [-0.3, -0.25) is 9.78 Å². The maximum atomic E-state index is 12.3. The molecule has 0 spiro atoms. The molecule has 4 rings (SSSR count). The molecule has 0 saturated heterocycles. The van der Waals surface area contributed by atoms with Gasteiger partial charge in [0.1, 0.15) is 5.01 Å². The van der Waals surface area contributed by atoms with Crippen LogP contribution in [0.1, 0.15) is 5.69 Å². The summed E-state index contributed by atoms with van der Waals surface area (Å²) in [4.78, 5) is 25.4. The SMILES string of the molecule is O=C(Cc1csc(-c2ccccc2Cl)n1)Nc1nc(-c2cccnc2)cs1. The number of pyridine rings is 1. The molecule has 134 valence electrons. The van der Waals surface area contributed by atoms with Crippen molar-refractivity contribution in [2.75, 3.05) is 5.32 Å². The highest BCUT2D eigenvalue weighted by atomic mass is 35.5. The van der Waals surface area contributed by atoms with Gasteiger partial charge in [-0.05, 0) is 18.2 Å². The Hall–Kier alpha value is -2.61. The van der Waals surface area contributed by atoms with Crippen molar-refractivity contribution in [2.45, 2.75) is 6.42 Å². The van der Waals surface area contributed by atoms with Gasteiger partial charge in [0.2, 0.25) is 5.91 Å². The van der Waals surface area contributed by atoms with E-state index in [1.165, 1.54) is 22.7 Å². The third-order valence-electron chi connectivity index (χ3n) is 3.71. The largest absolute Gasteiger partial charge is 0.302 e. The van der Waals surface area contributed by atoms with Crippen LogP contribution < -0.4 is 5.32 Å². The fourth-order valence-corrected chi connectivity index (χ4v) is 4.33. The quantitative estimate of drug-likeness (QED) is 0.491. The molecule has 1 aromatic carbocycles. The van der Waals surface area contributed by atoms with Crippen molar-refractivity contribution < 1.29 is 4.79 Å². The molecule has 27 heavy (non-hydrogen) atoms. The van der Waals surface area contributed by atoms with E-state index in [-0.39, 0.29) is 12.3 Å². The number of anilines is 1. The Morgan fingerprint density at radius 3 is 2.78 bits per heavy atom. The van der Waals surface area contributed by atoms with Crippen LogP contribution in [-0.2, 0) is 11.2 Å². The van der Waals surface area contributed by atoms with E-state index < -0.39 is 0 Å². The van der Waals surface area contributed by atoms with Crippen LogP contribution in [0.4, 0.5) is 5.13 Å². The second-order valence-electron chi connectivity index (χ2n) is 5.63. The zero-order valence-corrected chi connectivity index (χ0v) is 16.3. The summed E-state index contributed by atoms with van der Waals surface area (Å²) < 4.78 is 0. The lowest BCUT2D eigenvalue weighted by atomic mass is 10.2. The second-order valence-corrected chi connectivity index (χ2v) is 7.75. The van der Waals surface area contributed by atoms with Gasteiger partial charge in [0.15, 0.2) is 5.13 Å². The predicted octanol–water partition coefficient (Wildman–Crippen LogP) is 5.16. The number of carbonyl (C=O) groups excluding carboxylic acids is 1. The second kappa shape index (κ2) is 7.96. The molecule has 4 aromatic rings. The van der Waals surface area contributed by atoms with Gasteiger partial charge in [0, 0.05) is 34.3 Å². The van der Waals surface area contributed by atoms with E-state index in [1.807, 2.05) is 47.2 Å². The molecular weight excluding hydrogens is 400 g/mol. The summed E-state index contributed by atoms with van der Waals surface area (Å²) in [7, 11) is 0. The van der Waals surface area contributed by atoms with Crippen LogP contribution in [0, 0.1) is 0 Å². The van der Waals surface area contributed by atoms with Gasteiger partial charge in [-0.2, -0.15) is 0 Å². The molecule has 0 unspecified atom stereocenters. The molecule has 5 nitrogen and oxygen atoms in total. The molecule has 8 heteroatoms.